The fourth-order valence-corrected chi connectivity index (χ4v) is 4.03. The van der Waals surface area contributed by atoms with Crippen LogP contribution in [0.2, 0.25) is 5.02 Å². The second-order valence-corrected chi connectivity index (χ2v) is 9.18. The second-order valence-electron chi connectivity index (χ2n) is 6.82. The molecule has 0 unspecified atom stereocenters. The van der Waals surface area contributed by atoms with Crippen LogP contribution in [-0.4, -0.2) is 56.3 Å². The van der Waals surface area contributed by atoms with E-state index in [1.807, 2.05) is 42.7 Å². The number of hydrogen-bond acceptors (Lipinski definition) is 3. The quantitative estimate of drug-likeness (QED) is 0.291. The maximum Gasteiger partial charge on any atom is 0.213 e. The van der Waals surface area contributed by atoms with Crippen LogP contribution in [0.15, 0.2) is 17.3 Å². The summed E-state index contributed by atoms with van der Waals surface area (Å²) < 4.78 is 28.8. The molecule has 7 nitrogen and oxygen atoms in total. The van der Waals surface area contributed by atoms with Crippen LogP contribution < -0.4 is 10.0 Å². The summed E-state index contributed by atoms with van der Waals surface area (Å²) in [4.78, 5) is 6.42. The molecule has 0 atom stereocenters. The van der Waals surface area contributed by atoms with Crippen molar-refractivity contribution in [3.63, 3.8) is 0 Å². The van der Waals surface area contributed by atoms with Crippen molar-refractivity contribution in [1.29, 1.82) is 0 Å². The van der Waals surface area contributed by atoms with Gasteiger partial charge in [0, 0.05) is 39.1 Å². The van der Waals surface area contributed by atoms with E-state index in [4.69, 9.17) is 11.6 Å². The van der Waals surface area contributed by atoms with Crippen molar-refractivity contribution in [2.24, 2.45) is 18.0 Å². The van der Waals surface area contributed by atoms with Crippen LogP contribution in [0.1, 0.15) is 31.9 Å². The van der Waals surface area contributed by atoms with Gasteiger partial charge in [-0.3, -0.25) is 4.99 Å². The molecule has 10 heteroatoms. The highest BCUT2D eigenvalue weighted by Gasteiger charge is 2.20. The Morgan fingerprint density at radius 2 is 2.15 bits per heavy atom. The highest BCUT2D eigenvalue weighted by molar-refractivity contribution is 14.0. The third kappa shape index (κ3) is 8.16. The Morgan fingerprint density at radius 1 is 1.44 bits per heavy atom. The van der Waals surface area contributed by atoms with Gasteiger partial charge in [0.2, 0.25) is 10.0 Å². The fraction of sp³-hybridized carbons (Fsp3) is 0.706. The number of aliphatic imine (C=N–C) groups is 1. The summed E-state index contributed by atoms with van der Waals surface area (Å²) in [5.41, 5.74) is 1.05. The summed E-state index contributed by atoms with van der Waals surface area (Å²) in [6.07, 6.45) is 5.31. The number of aryl methyl sites for hydroxylation is 1. The van der Waals surface area contributed by atoms with Crippen LogP contribution in [0.25, 0.3) is 0 Å². The summed E-state index contributed by atoms with van der Waals surface area (Å²) in [5.74, 6) is 1.19. The maximum atomic E-state index is 12.1. The van der Waals surface area contributed by atoms with E-state index in [9.17, 15) is 8.42 Å². The Balaban J connectivity index is 0.00000364. The number of aromatic nitrogens is 1. The Kier molecular flexibility index (Phi) is 10.4. The molecule has 0 spiro atoms. The number of nitrogens with one attached hydrogen (secondary N) is 2. The zero-order valence-electron chi connectivity index (χ0n) is 16.2. The molecule has 0 bridgehead atoms. The number of halogens is 2. The van der Waals surface area contributed by atoms with E-state index in [-0.39, 0.29) is 36.3 Å². The van der Waals surface area contributed by atoms with Gasteiger partial charge in [-0.05, 0) is 31.7 Å². The smallest absolute Gasteiger partial charge is 0.213 e. The SMILES string of the molecule is CCNC(=NCCS(=O)(=O)NCC1CCC1)N(C)Cc1cc(Cl)cn1C.I. The highest BCUT2D eigenvalue weighted by Crippen LogP contribution is 2.25. The van der Waals surface area contributed by atoms with Gasteiger partial charge in [-0.1, -0.05) is 18.0 Å². The topological polar surface area (TPSA) is 78.7 Å². The molecule has 27 heavy (non-hydrogen) atoms. The van der Waals surface area contributed by atoms with E-state index in [0.29, 0.717) is 36.5 Å². The third-order valence-electron chi connectivity index (χ3n) is 4.61. The van der Waals surface area contributed by atoms with Crippen molar-refractivity contribution in [3.05, 3.63) is 23.0 Å². The van der Waals surface area contributed by atoms with E-state index >= 15 is 0 Å². The average Bonchev–Trinajstić information content (AvgIpc) is 2.82. The summed E-state index contributed by atoms with van der Waals surface area (Å²) in [6.45, 7) is 4.10. The lowest BCUT2D eigenvalue weighted by Gasteiger charge is -2.25. The molecule has 156 valence electrons. The minimum atomic E-state index is -3.28. The highest BCUT2D eigenvalue weighted by atomic mass is 127. The molecule has 1 heterocycles. The monoisotopic (exact) mass is 531 g/mol. The molecule has 2 rings (SSSR count). The first-order valence-electron chi connectivity index (χ1n) is 9.08. The minimum absolute atomic E-state index is 0. The van der Waals surface area contributed by atoms with E-state index in [0.717, 1.165) is 18.5 Å². The predicted octanol–water partition coefficient (Wildman–Crippen LogP) is 2.41. The molecular formula is C17H31ClIN5O2S. The van der Waals surface area contributed by atoms with E-state index < -0.39 is 10.0 Å². The lowest BCUT2D eigenvalue weighted by Crippen LogP contribution is -2.39. The first-order valence-corrected chi connectivity index (χ1v) is 11.1. The third-order valence-corrected chi connectivity index (χ3v) is 6.14. The van der Waals surface area contributed by atoms with E-state index in [2.05, 4.69) is 15.0 Å². The van der Waals surface area contributed by atoms with Crippen molar-refractivity contribution >= 4 is 51.6 Å². The number of nitrogens with zero attached hydrogens (tertiary/aromatic N) is 3. The molecule has 0 aromatic carbocycles. The van der Waals surface area contributed by atoms with Gasteiger partial charge in [-0.2, -0.15) is 0 Å². The molecule has 0 saturated heterocycles. The first-order chi connectivity index (χ1) is 12.3. The van der Waals surface area contributed by atoms with Crippen molar-refractivity contribution in [2.75, 3.05) is 32.4 Å². The molecule has 0 amide bonds. The molecule has 1 aliphatic carbocycles. The predicted molar refractivity (Wildman–Crippen MR) is 122 cm³/mol. The Bertz CT molecular complexity index is 719. The van der Waals surface area contributed by atoms with Gasteiger partial charge in [0.25, 0.3) is 0 Å². The molecular weight excluding hydrogens is 501 g/mol. The van der Waals surface area contributed by atoms with Gasteiger partial charge in [0.05, 0.1) is 23.9 Å². The normalized spacial score (nSPS) is 15.2. The molecule has 1 aliphatic rings. The number of sulfonamides is 1. The average molecular weight is 532 g/mol. The Morgan fingerprint density at radius 3 is 2.67 bits per heavy atom. The maximum absolute atomic E-state index is 12.1. The van der Waals surface area contributed by atoms with Crippen LogP contribution in [0.4, 0.5) is 0 Å². The van der Waals surface area contributed by atoms with Crippen LogP contribution >= 0.6 is 35.6 Å². The fourth-order valence-electron chi connectivity index (χ4n) is 2.80. The van der Waals surface area contributed by atoms with Gasteiger partial charge in [0.15, 0.2) is 5.96 Å². The zero-order chi connectivity index (χ0) is 19.2. The minimum Gasteiger partial charge on any atom is -0.357 e. The van der Waals surface area contributed by atoms with Crippen LogP contribution in [0, 0.1) is 5.92 Å². The Labute approximate surface area is 185 Å². The van der Waals surface area contributed by atoms with Gasteiger partial charge < -0.3 is 14.8 Å². The van der Waals surface area contributed by atoms with Gasteiger partial charge in [-0.25, -0.2) is 13.1 Å². The Hall–Kier alpha value is -0.520. The standard InChI is InChI=1S/C17H30ClN5O2S.HI/c1-4-19-17(23(3)13-16-10-15(18)12-22(16)2)20-8-9-26(24,25)21-11-14-6-5-7-14;/h10,12,14,21H,4-9,11,13H2,1-3H3,(H,19,20);1H. The van der Waals surface area contributed by atoms with Crippen molar-refractivity contribution in [2.45, 2.75) is 32.7 Å². The second kappa shape index (κ2) is 11.5. The zero-order valence-corrected chi connectivity index (χ0v) is 20.1. The number of guanidine groups is 1. The lowest BCUT2D eigenvalue weighted by atomic mass is 9.86. The molecule has 1 aromatic rings. The van der Waals surface area contributed by atoms with Gasteiger partial charge in [-0.15, -0.1) is 24.0 Å². The summed E-state index contributed by atoms with van der Waals surface area (Å²) >= 11 is 6.03. The van der Waals surface area contributed by atoms with Crippen molar-refractivity contribution in [3.8, 4) is 0 Å². The number of rotatable bonds is 9. The largest absolute Gasteiger partial charge is 0.357 e. The first kappa shape index (κ1) is 24.5. The van der Waals surface area contributed by atoms with Gasteiger partial charge >= 0.3 is 0 Å². The van der Waals surface area contributed by atoms with Crippen LogP contribution in [-0.2, 0) is 23.6 Å². The van der Waals surface area contributed by atoms with E-state index in [1.165, 1.54) is 6.42 Å². The summed E-state index contributed by atoms with van der Waals surface area (Å²) in [7, 11) is 0.590. The van der Waals surface area contributed by atoms with E-state index in [1.54, 1.807) is 0 Å². The van der Waals surface area contributed by atoms with Crippen molar-refractivity contribution in [1.82, 2.24) is 19.5 Å². The van der Waals surface area contributed by atoms with Crippen molar-refractivity contribution < 1.29 is 8.42 Å². The molecule has 1 saturated carbocycles. The molecule has 2 N–H and O–H groups in total. The molecule has 1 fully saturated rings. The van der Waals surface area contributed by atoms with Crippen LogP contribution in [0.5, 0.6) is 0 Å². The summed E-state index contributed by atoms with van der Waals surface area (Å²) in [6, 6.07) is 1.91. The van der Waals surface area contributed by atoms with Crippen LogP contribution in [0.3, 0.4) is 0 Å². The lowest BCUT2D eigenvalue weighted by molar-refractivity contribution is 0.316. The summed E-state index contributed by atoms with van der Waals surface area (Å²) in [5, 5.41) is 3.90. The molecule has 1 aromatic heterocycles. The molecule has 0 radical (unpaired) electrons. The van der Waals surface area contributed by atoms with Gasteiger partial charge in [0.1, 0.15) is 0 Å². The molecule has 0 aliphatic heterocycles. The number of hydrogen-bond donors (Lipinski definition) is 2.